The van der Waals surface area contributed by atoms with Crippen molar-refractivity contribution in [2.24, 2.45) is 5.92 Å². The molecule has 0 aliphatic carbocycles. The van der Waals surface area contributed by atoms with Gasteiger partial charge in [-0.25, -0.2) is 10.1 Å². The minimum Gasteiger partial charge on any atom is -0.497 e. The van der Waals surface area contributed by atoms with Gasteiger partial charge in [0.15, 0.2) is 6.29 Å². The van der Waals surface area contributed by atoms with E-state index in [4.69, 9.17) is 4.74 Å². The molecule has 2 saturated heterocycles. The molecule has 3 unspecified atom stereocenters. The molecule has 2 aliphatic rings. The molecule has 2 fully saturated rings. The van der Waals surface area contributed by atoms with Crippen LogP contribution in [0.3, 0.4) is 0 Å². The van der Waals surface area contributed by atoms with Gasteiger partial charge in [-0.3, -0.25) is 19.9 Å². The van der Waals surface area contributed by atoms with Gasteiger partial charge >= 0.3 is 0 Å². The molecule has 4 N–H and O–H groups in total. The normalized spacial score (nSPS) is 21.6. The summed E-state index contributed by atoms with van der Waals surface area (Å²) in [7, 11) is 1.60. The van der Waals surface area contributed by atoms with Crippen LogP contribution >= 0.6 is 0 Å². The molecule has 176 valence electrons. The fraction of sp³-hybridized carbons (Fsp3) is 0.292. The summed E-state index contributed by atoms with van der Waals surface area (Å²) in [5.41, 5.74) is 5.85. The van der Waals surface area contributed by atoms with E-state index < -0.39 is 6.29 Å². The van der Waals surface area contributed by atoms with E-state index in [-0.39, 0.29) is 30.3 Å². The average Bonchev–Trinajstić information content (AvgIpc) is 3.43. The maximum atomic E-state index is 12.9. The number of aryl methyl sites for hydroxylation is 1. The number of hydrogen-bond donors (Lipinski definition) is 4. The highest BCUT2D eigenvalue weighted by Gasteiger charge is 2.45. The second-order valence-electron chi connectivity index (χ2n) is 8.39. The predicted molar refractivity (Wildman–Crippen MR) is 127 cm³/mol. The Hall–Kier alpha value is -3.89. The van der Waals surface area contributed by atoms with E-state index >= 15 is 0 Å². The maximum absolute atomic E-state index is 12.9. The van der Waals surface area contributed by atoms with Gasteiger partial charge in [0, 0.05) is 12.6 Å². The first-order chi connectivity index (χ1) is 16.5. The third-order valence-electron chi connectivity index (χ3n) is 6.01. The molecule has 34 heavy (non-hydrogen) atoms. The van der Waals surface area contributed by atoms with Crippen LogP contribution in [-0.4, -0.2) is 41.4 Å². The zero-order valence-electron chi connectivity index (χ0n) is 19.0. The molecule has 1 aromatic heterocycles. The third kappa shape index (κ3) is 4.33. The van der Waals surface area contributed by atoms with Crippen molar-refractivity contribution in [3.8, 4) is 5.75 Å². The van der Waals surface area contributed by atoms with E-state index in [0.29, 0.717) is 12.4 Å². The molecule has 5 rings (SSSR count). The second kappa shape index (κ2) is 9.16. The number of hydrogen-bond acceptors (Lipinski definition) is 7. The van der Waals surface area contributed by atoms with Crippen molar-refractivity contribution in [2.45, 2.75) is 25.8 Å². The van der Waals surface area contributed by atoms with Gasteiger partial charge in [-0.05, 0) is 36.8 Å². The van der Waals surface area contributed by atoms with E-state index in [9.17, 15) is 9.59 Å². The highest BCUT2D eigenvalue weighted by Crippen LogP contribution is 2.27. The van der Waals surface area contributed by atoms with Crippen LogP contribution in [0.2, 0.25) is 0 Å². The van der Waals surface area contributed by atoms with Gasteiger partial charge in [-0.1, -0.05) is 30.3 Å². The summed E-state index contributed by atoms with van der Waals surface area (Å²) < 4.78 is 6.78. The molecule has 2 amide bonds. The molecular weight excluding hydrogens is 434 g/mol. The van der Waals surface area contributed by atoms with Gasteiger partial charge in [0.2, 0.25) is 11.8 Å². The summed E-state index contributed by atoms with van der Waals surface area (Å²) in [5, 5.41) is 15.9. The van der Waals surface area contributed by atoms with Crippen molar-refractivity contribution in [2.75, 3.05) is 24.0 Å². The highest BCUT2D eigenvalue weighted by molar-refractivity contribution is 5.91. The summed E-state index contributed by atoms with van der Waals surface area (Å²) in [6.07, 6.45) is -0.687. The number of rotatable bonds is 6. The number of fused-ring (bicyclic) bond motifs is 1. The van der Waals surface area contributed by atoms with Gasteiger partial charge in [0.25, 0.3) is 0 Å². The molecule has 2 aliphatic heterocycles. The molecular formula is C24H27N7O3. The zero-order chi connectivity index (χ0) is 23.7. The zero-order valence-corrected chi connectivity index (χ0v) is 19.0. The number of nitrogens with one attached hydrogen (secondary N) is 4. The molecule has 3 heterocycles. The molecule has 3 aromatic rings. The molecule has 0 spiro atoms. The van der Waals surface area contributed by atoms with Gasteiger partial charge < -0.3 is 15.4 Å². The Morgan fingerprint density at radius 2 is 1.94 bits per heavy atom. The van der Waals surface area contributed by atoms with Crippen LogP contribution in [0, 0.1) is 12.8 Å². The summed E-state index contributed by atoms with van der Waals surface area (Å²) >= 11 is 0. The van der Waals surface area contributed by atoms with E-state index in [2.05, 4.69) is 26.5 Å². The third-order valence-corrected chi connectivity index (χ3v) is 6.01. The van der Waals surface area contributed by atoms with Crippen molar-refractivity contribution in [1.82, 2.24) is 25.8 Å². The largest absolute Gasteiger partial charge is 0.497 e. The number of methoxy groups -OCH3 is 1. The minimum atomic E-state index is -0.621. The first-order valence-corrected chi connectivity index (χ1v) is 11.1. The molecule has 10 heteroatoms. The van der Waals surface area contributed by atoms with Crippen LogP contribution in [-0.2, 0) is 16.0 Å². The molecule has 3 atom stereocenters. The van der Waals surface area contributed by atoms with Crippen LogP contribution in [0.15, 0.2) is 60.7 Å². The minimum absolute atomic E-state index is 0.0802. The van der Waals surface area contributed by atoms with Crippen LogP contribution in [0.1, 0.15) is 17.5 Å². The Morgan fingerprint density at radius 3 is 2.68 bits per heavy atom. The first-order valence-electron chi connectivity index (χ1n) is 11.1. The van der Waals surface area contributed by atoms with E-state index in [1.807, 2.05) is 66.5 Å². The number of benzene rings is 2. The number of aromatic nitrogens is 2. The number of nitrogens with zero attached hydrogens (tertiary/aromatic N) is 3. The number of para-hydroxylation sites is 1. The number of amides is 2. The topological polar surface area (TPSA) is 113 Å². The first kappa shape index (κ1) is 21.9. The second-order valence-corrected chi connectivity index (χ2v) is 8.39. The van der Waals surface area contributed by atoms with E-state index in [1.54, 1.807) is 17.9 Å². The quantitative estimate of drug-likeness (QED) is 0.440. The molecule has 2 aromatic carbocycles. The lowest BCUT2D eigenvalue weighted by Crippen LogP contribution is -2.61. The Kier molecular flexibility index (Phi) is 5.91. The smallest absolute Gasteiger partial charge is 0.230 e. The summed E-state index contributed by atoms with van der Waals surface area (Å²) in [5.74, 6) is 0.718. The standard InChI is InChI=1S/C24H27N7O3/c1-15-12-20(26-21(32)13-16-8-10-18(34-2)11-9-16)31(29-15)24-27-22-19(23(33)28-24)14-25-30(22)17-6-4-3-5-7-17/h3-12,19,22,24-25,27H,13-14H2,1-2H3,(H,26,32)(H,28,33). The van der Waals surface area contributed by atoms with Crippen LogP contribution in [0.4, 0.5) is 11.5 Å². The number of hydrazine groups is 1. The highest BCUT2D eigenvalue weighted by atomic mass is 16.5. The molecule has 10 nitrogen and oxygen atoms in total. The maximum Gasteiger partial charge on any atom is 0.230 e. The monoisotopic (exact) mass is 461 g/mol. The van der Waals surface area contributed by atoms with Gasteiger partial charge in [-0.2, -0.15) is 5.10 Å². The number of carbonyl (C=O) groups is 2. The fourth-order valence-corrected chi connectivity index (χ4v) is 4.35. The lowest BCUT2D eigenvalue weighted by Gasteiger charge is -2.37. The van der Waals surface area contributed by atoms with Crippen molar-refractivity contribution < 1.29 is 14.3 Å². The van der Waals surface area contributed by atoms with Crippen LogP contribution in [0.5, 0.6) is 5.75 Å². The summed E-state index contributed by atoms with van der Waals surface area (Å²) in [6, 6.07) is 19.0. The van der Waals surface area contributed by atoms with Crippen LogP contribution < -0.4 is 31.1 Å². The Balaban J connectivity index is 1.33. The van der Waals surface area contributed by atoms with Crippen molar-refractivity contribution >= 4 is 23.3 Å². The van der Waals surface area contributed by atoms with Crippen molar-refractivity contribution in [1.29, 1.82) is 0 Å². The lowest BCUT2D eigenvalue weighted by molar-refractivity contribution is -0.129. The van der Waals surface area contributed by atoms with Gasteiger partial charge in [0.05, 0.1) is 30.8 Å². The number of ether oxygens (including phenoxy) is 1. The van der Waals surface area contributed by atoms with Crippen LogP contribution in [0.25, 0.3) is 0 Å². The fourth-order valence-electron chi connectivity index (χ4n) is 4.35. The lowest BCUT2D eigenvalue weighted by atomic mass is 10.0. The SMILES string of the molecule is COc1ccc(CC(=O)Nc2cc(C)nn2C2NC(=O)C3CNN(c4ccccc4)C3N2)cc1. The van der Waals surface area contributed by atoms with Gasteiger partial charge in [0.1, 0.15) is 17.7 Å². The summed E-state index contributed by atoms with van der Waals surface area (Å²) in [6.45, 7) is 2.37. The Morgan fingerprint density at radius 1 is 1.18 bits per heavy atom. The molecule has 0 bridgehead atoms. The van der Waals surface area contributed by atoms with Crippen molar-refractivity contribution in [3.05, 3.63) is 71.9 Å². The van der Waals surface area contributed by atoms with Gasteiger partial charge in [-0.15, -0.1) is 0 Å². The Labute approximate surface area is 197 Å². The van der Waals surface area contributed by atoms with E-state index in [0.717, 1.165) is 22.7 Å². The average molecular weight is 462 g/mol. The number of carbonyl (C=O) groups excluding carboxylic acids is 2. The van der Waals surface area contributed by atoms with E-state index in [1.165, 1.54) is 0 Å². The molecule has 0 saturated carbocycles. The van der Waals surface area contributed by atoms with Crippen molar-refractivity contribution in [3.63, 3.8) is 0 Å². The molecule has 0 radical (unpaired) electrons. The Bertz CT molecular complexity index is 1180. The predicted octanol–water partition coefficient (Wildman–Crippen LogP) is 1.52. The summed E-state index contributed by atoms with van der Waals surface area (Å²) in [4.78, 5) is 25.7. The number of anilines is 2.